The summed E-state index contributed by atoms with van der Waals surface area (Å²) in [6.07, 6.45) is 0. The van der Waals surface area contributed by atoms with Gasteiger partial charge in [0.2, 0.25) is 0 Å². The number of amides is 3. The van der Waals surface area contributed by atoms with Crippen LogP contribution < -0.4 is 10.6 Å². The monoisotopic (exact) mass is 304 g/mol. The Morgan fingerprint density at radius 2 is 1.77 bits per heavy atom. The Hall–Kier alpha value is -2.08. The van der Waals surface area contributed by atoms with E-state index in [4.69, 9.17) is 0 Å². The van der Waals surface area contributed by atoms with E-state index >= 15 is 0 Å². The van der Waals surface area contributed by atoms with Crippen molar-refractivity contribution in [1.29, 1.82) is 0 Å². The summed E-state index contributed by atoms with van der Waals surface area (Å²) in [6.45, 7) is 7.04. The number of nitrogens with one attached hydrogen (secondary N) is 2. The van der Waals surface area contributed by atoms with Crippen molar-refractivity contribution in [3.63, 3.8) is 0 Å². The van der Waals surface area contributed by atoms with Crippen LogP contribution in [-0.4, -0.2) is 61.0 Å². The zero-order chi connectivity index (χ0) is 16.1. The minimum atomic E-state index is -0.156. The highest BCUT2D eigenvalue weighted by Gasteiger charge is 2.18. The van der Waals surface area contributed by atoms with Crippen LogP contribution >= 0.6 is 0 Å². The molecule has 0 atom stereocenters. The molecule has 0 aromatic heterocycles. The largest absolute Gasteiger partial charge is 0.336 e. The fraction of sp³-hybridized carbons (Fsp3) is 0.500. The Kier molecular flexibility index (Phi) is 5.38. The molecule has 22 heavy (non-hydrogen) atoms. The molecule has 1 heterocycles. The van der Waals surface area contributed by atoms with Crippen LogP contribution in [-0.2, 0) is 0 Å². The first-order chi connectivity index (χ1) is 10.5. The van der Waals surface area contributed by atoms with E-state index < -0.39 is 0 Å². The smallest absolute Gasteiger partial charge is 0.321 e. The third kappa shape index (κ3) is 3.98. The number of benzene rings is 1. The number of piperazine rings is 1. The molecule has 3 amide bonds. The van der Waals surface area contributed by atoms with Crippen molar-refractivity contribution in [3.8, 4) is 0 Å². The zero-order valence-electron chi connectivity index (χ0n) is 13.4. The predicted octanol–water partition coefficient (Wildman–Crippen LogP) is 1.60. The lowest BCUT2D eigenvalue weighted by Crippen LogP contribution is -2.46. The molecule has 6 nitrogen and oxygen atoms in total. The third-order valence-corrected chi connectivity index (χ3v) is 3.88. The number of rotatable bonds is 3. The number of anilines is 1. The van der Waals surface area contributed by atoms with E-state index in [0.29, 0.717) is 11.3 Å². The molecule has 0 spiro atoms. The average Bonchev–Trinajstić information content (AvgIpc) is 2.54. The molecule has 0 unspecified atom stereocenters. The Morgan fingerprint density at radius 1 is 1.18 bits per heavy atom. The zero-order valence-corrected chi connectivity index (χ0v) is 13.4. The van der Waals surface area contributed by atoms with E-state index in [1.807, 2.05) is 18.7 Å². The van der Waals surface area contributed by atoms with Crippen LogP contribution in [0.4, 0.5) is 10.5 Å². The minimum absolute atomic E-state index is 0.0404. The Bertz CT molecular complexity index is 521. The van der Waals surface area contributed by atoms with Gasteiger partial charge in [0.25, 0.3) is 5.91 Å². The lowest BCUT2D eigenvalue weighted by molar-refractivity contribution is 0.0736. The van der Waals surface area contributed by atoms with E-state index in [1.54, 1.807) is 36.2 Å². The molecule has 120 valence electrons. The number of carbonyl (C=O) groups is 2. The highest BCUT2D eigenvalue weighted by molar-refractivity contribution is 5.95. The minimum Gasteiger partial charge on any atom is -0.336 e. The first kappa shape index (κ1) is 16.3. The van der Waals surface area contributed by atoms with E-state index in [9.17, 15) is 9.59 Å². The Labute approximate surface area is 131 Å². The maximum absolute atomic E-state index is 12.3. The molecule has 2 N–H and O–H groups in total. The molecule has 1 fully saturated rings. The lowest BCUT2D eigenvalue weighted by Gasteiger charge is -2.27. The van der Waals surface area contributed by atoms with Gasteiger partial charge in [-0.05, 0) is 38.1 Å². The summed E-state index contributed by atoms with van der Waals surface area (Å²) in [5.41, 5.74) is 1.34. The fourth-order valence-corrected chi connectivity index (χ4v) is 2.19. The van der Waals surface area contributed by atoms with E-state index in [1.165, 1.54) is 0 Å². The normalized spacial score (nSPS) is 14.8. The van der Waals surface area contributed by atoms with Gasteiger partial charge in [-0.25, -0.2) is 4.79 Å². The summed E-state index contributed by atoms with van der Waals surface area (Å²) in [5.74, 6) is 0.0404. The average molecular weight is 304 g/mol. The van der Waals surface area contributed by atoms with Crippen LogP contribution in [0.5, 0.6) is 0 Å². The van der Waals surface area contributed by atoms with Gasteiger partial charge in [0.1, 0.15) is 0 Å². The molecule has 0 bridgehead atoms. The third-order valence-electron chi connectivity index (χ3n) is 3.88. The maximum atomic E-state index is 12.3. The first-order valence-electron chi connectivity index (χ1n) is 7.63. The first-order valence-corrected chi connectivity index (χ1v) is 7.63. The van der Waals surface area contributed by atoms with Gasteiger partial charge >= 0.3 is 6.03 Å². The summed E-state index contributed by atoms with van der Waals surface area (Å²) < 4.78 is 0. The van der Waals surface area contributed by atoms with E-state index in [0.717, 1.165) is 26.2 Å². The number of carbonyl (C=O) groups excluding carboxylic acids is 2. The molecule has 1 aliphatic rings. The van der Waals surface area contributed by atoms with Crippen LogP contribution in [0.1, 0.15) is 24.2 Å². The maximum Gasteiger partial charge on any atom is 0.321 e. The predicted molar refractivity (Wildman–Crippen MR) is 87.1 cm³/mol. The standard InChI is InChI=1S/C16H24N4O2/c1-12(2)19(3)16(22)18-14-6-4-13(5-7-14)15(21)20-10-8-17-9-11-20/h4-7,12,17H,8-11H2,1-3H3,(H,18,22). The second-order valence-corrected chi connectivity index (χ2v) is 5.75. The number of hydrogen-bond donors (Lipinski definition) is 2. The molecular weight excluding hydrogens is 280 g/mol. The van der Waals surface area contributed by atoms with Crippen molar-refractivity contribution in [2.45, 2.75) is 19.9 Å². The molecular formula is C16H24N4O2. The van der Waals surface area contributed by atoms with Gasteiger partial charge in [-0.2, -0.15) is 0 Å². The van der Waals surface area contributed by atoms with Crippen molar-refractivity contribution in [1.82, 2.24) is 15.1 Å². The topological polar surface area (TPSA) is 64.7 Å². The summed E-state index contributed by atoms with van der Waals surface area (Å²) in [7, 11) is 1.75. The highest BCUT2D eigenvalue weighted by Crippen LogP contribution is 2.13. The molecule has 1 saturated heterocycles. The second-order valence-electron chi connectivity index (χ2n) is 5.75. The number of urea groups is 1. The molecule has 0 aliphatic carbocycles. The summed E-state index contributed by atoms with van der Waals surface area (Å²) >= 11 is 0. The molecule has 6 heteroatoms. The molecule has 1 aliphatic heterocycles. The van der Waals surface area contributed by atoms with Gasteiger partial charge in [-0.3, -0.25) is 4.79 Å². The Morgan fingerprint density at radius 3 is 2.32 bits per heavy atom. The summed E-state index contributed by atoms with van der Waals surface area (Å²) in [5, 5.41) is 6.05. The second kappa shape index (κ2) is 7.26. The van der Waals surface area contributed by atoms with Gasteiger partial charge in [-0.1, -0.05) is 0 Å². The SMILES string of the molecule is CC(C)N(C)C(=O)Nc1ccc(C(=O)N2CCNCC2)cc1. The van der Waals surface area contributed by atoms with Crippen LogP contribution in [0.2, 0.25) is 0 Å². The van der Waals surface area contributed by atoms with E-state index in [-0.39, 0.29) is 18.0 Å². The molecule has 1 aromatic carbocycles. The van der Waals surface area contributed by atoms with Crippen molar-refractivity contribution in [2.24, 2.45) is 0 Å². The van der Waals surface area contributed by atoms with Crippen LogP contribution in [0.25, 0.3) is 0 Å². The molecule has 2 rings (SSSR count). The number of nitrogens with zero attached hydrogens (tertiary/aromatic N) is 2. The van der Waals surface area contributed by atoms with Crippen LogP contribution in [0.15, 0.2) is 24.3 Å². The van der Waals surface area contributed by atoms with Gasteiger partial charge in [0.05, 0.1) is 0 Å². The van der Waals surface area contributed by atoms with Crippen molar-refractivity contribution in [3.05, 3.63) is 29.8 Å². The van der Waals surface area contributed by atoms with Gasteiger partial charge in [0, 0.05) is 50.5 Å². The molecule has 1 aromatic rings. The van der Waals surface area contributed by atoms with Crippen LogP contribution in [0, 0.1) is 0 Å². The van der Waals surface area contributed by atoms with Crippen LogP contribution in [0.3, 0.4) is 0 Å². The number of hydrogen-bond acceptors (Lipinski definition) is 3. The lowest BCUT2D eigenvalue weighted by atomic mass is 10.1. The fourth-order valence-electron chi connectivity index (χ4n) is 2.19. The molecule has 0 saturated carbocycles. The van der Waals surface area contributed by atoms with Gasteiger partial charge in [0.15, 0.2) is 0 Å². The van der Waals surface area contributed by atoms with Gasteiger partial charge in [-0.15, -0.1) is 0 Å². The van der Waals surface area contributed by atoms with Gasteiger partial charge < -0.3 is 20.4 Å². The quantitative estimate of drug-likeness (QED) is 0.891. The summed E-state index contributed by atoms with van der Waals surface area (Å²) in [6, 6.07) is 7.03. The highest BCUT2D eigenvalue weighted by atomic mass is 16.2. The van der Waals surface area contributed by atoms with Crippen molar-refractivity contribution in [2.75, 3.05) is 38.5 Å². The molecule has 0 radical (unpaired) electrons. The van der Waals surface area contributed by atoms with Crippen molar-refractivity contribution >= 4 is 17.6 Å². The van der Waals surface area contributed by atoms with Crippen molar-refractivity contribution < 1.29 is 9.59 Å². The van der Waals surface area contributed by atoms with E-state index in [2.05, 4.69) is 10.6 Å². The Balaban J connectivity index is 1.98. The summed E-state index contributed by atoms with van der Waals surface area (Å²) in [4.78, 5) is 27.8.